The van der Waals surface area contributed by atoms with Crippen molar-refractivity contribution in [2.24, 2.45) is 0 Å². The van der Waals surface area contributed by atoms with E-state index in [1.807, 2.05) is 0 Å². The quantitative estimate of drug-likeness (QED) is 0.672. The van der Waals surface area contributed by atoms with Gasteiger partial charge in [-0.3, -0.25) is 14.4 Å². The molecule has 0 saturated heterocycles. The second-order valence-corrected chi connectivity index (χ2v) is 5.11. The molecule has 23 heavy (non-hydrogen) atoms. The topological polar surface area (TPSA) is 84.5 Å². The van der Waals surface area contributed by atoms with Gasteiger partial charge < -0.3 is 15.4 Å². The van der Waals surface area contributed by atoms with Gasteiger partial charge in [0.1, 0.15) is 5.75 Å². The largest absolute Gasteiger partial charge is 0.468 e. The molecule has 0 radical (unpaired) electrons. The highest BCUT2D eigenvalue weighted by Crippen LogP contribution is 2.29. The smallest absolute Gasteiger partial charge is 0.275 e. The number of benzene rings is 2. The molecule has 2 N–H and O–H groups in total. The fourth-order valence-electron chi connectivity index (χ4n) is 2.25. The van der Waals surface area contributed by atoms with Crippen LogP contribution in [0.25, 0.3) is 0 Å². The zero-order valence-electron chi connectivity index (χ0n) is 12.3. The normalized spacial score (nSPS) is 15.9. The van der Waals surface area contributed by atoms with Crippen molar-refractivity contribution in [2.45, 2.75) is 13.0 Å². The second-order valence-electron chi connectivity index (χ2n) is 5.11. The maximum absolute atomic E-state index is 12.3. The molecule has 1 heterocycles. The van der Waals surface area contributed by atoms with E-state index in [-0.39, 0.29) is 5.78 Å². The number of ether oxygens (including phenoxy) is 1. The molecule has 0 unspecified atom stereocenters. The van der Waals surface area contributed by atoms with E-state index in [1.165, 1.54) is 6.92 Å². The van der Waals surface area contributed by atoms with Crippen LogP contribution in [0.4, 0.5) is 11.4 Å². The first-order valence-electron chi connectivity index (χ1n) is 7.03. The Morgan fingerprint density at radius 2 is 1.91 bits per heavy atom. The number of fused-ring (bicyclic) bond motifs is 1. The standard InChI is InChI=1S/C17H14N2O4/c1-10(20)11-5-4-6-12(9-11)18-16(21)15-17(22)19-13-7-2-3-8-14(13)23-15/h2-9,15H,1H3,(H,18,21)(H,19,22)/t15-/m0/s1. The molecule has 3 rings (SSSR count). The van der Waals surface area contributed by atoms with Gasteiger partial charge in [-0.1, -0.05) is 24.3 Å². The Morgan fingerprint density at radius 3 is 2.70 bits per heavy atom. The summed E-state index contributed by atoms with van der Waals surface area (Å²) in [7, 11) is 0. The average Bonchev–Trinajstić information content (AvgIpc) is 2.54. The Labute approximate surface area is 132 Å². The molecule has 1 aliphatic rings. The van der Waals surface area contributed by atoms with Crippen LogP contribution in [0.2, 0.25) is 0 Å². The molecule has 0 aliphatic carbocycles. The highest BCUT2D eigenvalue weighted by molar-refractivity contribution is 6.15. The van der Waals surface area contributed by atoms with Gasteiger partial charge in [0.05, 0.1) is 5.69 Å². The number of hydrogen-bond acceptors (Lipinski definition) is 4. The van der Waals surface area contributed by atoms with Crippen LogP contribution >= 0.6 is 0 Å². The van der Waals surface area contributed by atoms with Gasteiger partial charge in [-0.15, -0.1) is 0 Å². The molecule has 6 nitrogen and oxygen atoms in total. The number of rotatable bonds is 3. The zero-order chi connectivity index (χ0) is 16.4. The molecule has 0 fully saturated rings. The molecule has 0 spiro atoms. The maximum Gasteiger partial charge on any atom is 0.275 e. The molecule has 1 aliphatic heterocycles. The number of hydrogen-bond donors (Lipinski definition) is 2. The van der Waals surface area contributed by atoms with E-state index in [2.05, 4.69) is 10.6 Å². The molecule has 6 heteroatoms. The lowest BCUT2D eigenvalue weighted by molar-refractivity contribution is -0.133. The van der Waals surface area contributed by atoms with Gasteiger partial charge in [0.2, 0.25) is 0 Å². The van der Waals surface area contributed by atoms with Crippen LogP contribution < -0.4 is 15.4 Å². The van der Waals surface area contributed by atoms with E-state index in [0.717, 1.165) is 0 Å². The molecule has 2 aromatic carbocycles. The minimum atomic E-state index is -1.29. The summed E-state index contributed by atoms with van der Waals surface area (Å²) in [5.74, 6) is -0.812. The Morgan fingerprint density at radius 1 is 1.13 bits per heavy atom. The third-order valence-corrected chi connectivity index (χ3v) is 3.40. The Bertz CT molecular complexity index is 801. The molecule has 0 bridgehead atoms. The number of para-hydroxylation sites is 2. The molecule has 1 atom stereocenters. The Balaban J connectivity index is 1.77. The van der Waals surface area contributed by atoms with Crippen LogP contribution in [-0.2, 0) is 9.59 Å². The molecule has 2 aromatic rings. The van der Waals surface area contributed by atoms with Crippen molar-refractivity contribution in [1.29, 1.82) is 0 Å². The van der Waals surface area contributed by atoms with E-state index in [9.17, 15) is 14.4 Å². The number of carbonyl (C=O) groups is 3. The summed E-state index contributed by atoms with van der Waals surface area (Å²) in [6.45, 7) is 1.44. The fraction of sp³-hybridized carbons (Fsp3) is 0.118. The predicted octanol–water partition coefficient (Wildman–Crippen LogP) is 2.23. The lowest BCUT2D eigenvalue weighted by Gasteiger charge is -2.24. The van der Waals surface area contributed by atoms with Crippen LogP contribution in [-0.4, -0.2) is 23.7 Å². The predicted molar refractivity (Wildman–Crippen MR) is 84.6 cm³/mol. The van der Waals surface area contributed by atoms with Gasteiger partial charge in [-0.2, -0.15) is 0 Å². The van der Waals surface area contributed by atoms with Crippen molar-refractivity contribution in [1.82, 2.24) is 0 Å². The summed E-state index contributed by atoms with van der Waals surface area (Å²) in [5, 5.41) is 5.22. The minimum Gasteiger partial charge on any atom is -0.468 e. The van der Waals surface area contributed by atoms with E-state index >= 15 is 0 Å². The minimum absolute atomic E-state index is 0.110. The fourth-order valence-corrected chi connectivity index (χ4v) is 2.25. The zero-order valence-corrected chi connectivity index (χ0v) is 12.3. The monoisotopic (exact) mass is 310 g/mol. The number of nitrogens with one attached hydrogen (secondary N) is 2. The lowest BCUT2D eigenvalue weighted by Crippen LogP contribution is -2.45. The van der Waals surface area contributed by atoms with Crippen molar-refractivity contribution >= 4 is 29.0 Å². The lowest BCUT2D eigenvalue weighted by atomic mass is 10.1. The number of Topliss-reactive ketones (excluding diaryl/α,β-unsaturated/α-hetero) is 1. The number of ketones is 1. The van der Waals surface area contributed by atoms with E-state index in [0.29, 0.717) is 22.7 Å². The van der Waals surface area contributed by atoms with Crippen LogP contribution in [0, 0.1) is 0 Å². The SMILES string of the molecule is CC(=O)c1cccc(NC(=O)[C@@H]2Oc3ccccc3NC2=O)c1. The van der Waals surface area contributed by atoms with E-state index in [1.54, 1.807) is 48.5 Å². The van der Waals surface area contributed by atoms with Gasteiger partial charge in [-0.25, -0.2) is 0 Å². The van der Waals surface area contributed by atoms with Gasteiger partial charge in [-0.05, 0) is 31.2 Å². The summed E-state index contributed by atoms with van der Waals surface area (Å²) in [4.78, 5) is 35.7. The van der Waals surface area contributed by atoms with Crippen molar-refractivity contribution in [3.05, 3.63) is 54.1 Å². The van der Waals surface area contributed by atoms with Gasteiger partial charge in [0.15, 0.2) is 5.78 Å². The summed E-state index contributed by atoms with van der Waals surface area (Å²) >= 11 is 0. The Kier molecular flexibility index (Phi) is 3.80. The number of carbonyl (C=O) groups excluding carboxylic acids is 3. The van der Waals surface area contributed by atoms with Gasteiger partial charge in [0.25, 0.3) is 17.9 Å². The molecule has 0 saturated carbocycles. The summed E-state index contributed by atoms with van der Waals surface area (Å²) in [5.41, 5.74) is 1.43. The summed E-state index contributed by atoms with van der Waals surface area (Å²) in [6, 6.07) is 13.4. The van der Waals surface area contributed by atoms with Crippen molar-refractivity contribution < 1.29 is 19.1 Å². The van der Waals surface area contributed by atoms with Crippen LogP contribution in [0.1, 0.15) is 17.3 Å². The molecular weight excluding hydrogens is 296 g/mol. The molecule has 0 aromatic heterocycles. The summed E-state index contributed by atoms with van der Waals surface area (Å²) in [6.07, 6.45) is -1.29. The molecule has 2 amide bonds. The highest BCUT2D eigenvalue weighted by atomic mass is 16.5. The highest BCUT2D eigenvalue weighted by Gasteiger charge is 2.33. The van der Waals surface area contributed by atoms with Gasteiger partial charge in [0, 0.05) is 11.3 Å². The van der Waals surface area contributed by atoms with Crippen molar-refractivity contribution in [2.75, 3.05) is 10.6 Å². The maximum atomic E-state index is 12.3. The molecular formula is C17H14N2O4. The first kappa shape index (κ1) is 14.8. The second kappa shape index (κ2) is 5.92. The van der Waals surface area contributed by atoms with Crippen molar-refractivity contribution in [3.8, 4) is 5.75 Å². The Hall–Kier alpha value is -3.15. The third-order valence-electron chi connectivity index (χ3n) is 3.40. The number of anilines is 2. The molecule has 116 valence electrons. The number of amides is 2. The van der Waals surface area contributed by atoms with E-state index < -0.39 is 17.9 Å². The average molecular weight is 310 g/mol. The van der Waals surface area contributed by atoms with Crippen LogP contribution in [0.5, 0.6) is 5.75 Å². The summed E-state index contributed by atoms with van der Waals surface area (Å²) < 4.78 is 5.46. The van der Waals surface area contributed by atoms with Crippen LogP contribution in [0.15, 0.2) is 48.5 Å². The van der Waals surface area contributed by atoms with Gasteiger partial charge >= 0.3 is 0 Å². The van der Waals surface area contributed by atoms with Crippen LogP contribution in [0.3, 0.4) is 0 Å². The first-order valence-corrected chi connectivity index (χ1v) is 7.03. The van der Waals surface area contributed by atoms with Crippen molar-refractivity contribution in [3.63, 3.8) is 0 Å². The third kappa shape index (κ3) is 3.06. The first-order chi connectivity index (χ1) is 11.0. The van der Waals surface area contributed by atoms with E-state index in [4.69, 9.17) is 4.74 Å².